The van der Waals surface area contributed by atoms with Gasteiger partial charge in [0.05, 0.1) is 11.4 Å². The molecule has 0 spiro atoms. The van der Waals surface area contributed by atoms with Crippen LogP contribution >= 0.6 is 0 Å². The minimum absolute atomic E-state index is 0.0379. The summed E-state index contributed by atoms with van der Waals surface area (Å²) < 4.78 is 6.96. The second-order valence-electron chi connectivity index (χ2n) is 7.13. The van der Waals surface area contributed by atoms with Gasteiger partial charge in [-0.2, -0.15) is 0 Å². The summed E-state index contributed by atoms with van der Waals surface area (Å²) in [6.45, 7) is 8.63. The molecule has 1 fully saturated rings. The number of amides is 1. The first-order valence-electron chi connectivity index (χ1n) is 9.23. The van der Waals surface area contributed by atoms with Crippen molar-refractivity contribution in [1.82, 2.24) is 24.5 Å². The first-order chi connectivity index (χ1) is 12.9. The van der Waals surface area contributed by atoms with Crippen LogP contribution in [0.25, 0.3) is 5.65 Å². The molecule has 1 aliphatic heterocycles. The molecule has 1 saturated heterocycles. The van der Waals surface area contributed by atoms with Gasteiger partial charge in [-0.1, -0.05) is 6.92 Å². The van der Waals surface area contributed by atoms with Gasteiger partial charge in [0.25, 0.3) is 11.5 Å². The zero-order valence-electron chi connectivity index (χ0n) is 16.0. The van der Waals surface area contributed by atoms with E-state index in [0.29, 0.717) is 36.1 Å². The molecule has 4 heterocycles. The second kappa shape index (κ2) is 6.37. The van der Waals surface area contributed by atoms with Gasteiger partial charge in [-0.3, -0.25) is 14.7 Å². The number of rotatable bonds is 3. The molecular weight excluding hydrogens is 346 g/mol. The van der Waals surface area contributed by atoms with Crippen LogP contribution < -0.4 is 5.56 Å². The third kappa shape index (κ3) is 2.85. The van der Waals surface area contributed by atoms with Gasteiger partial charge in [0.2, 0.25) is 5.76 Å². The number of aryl methyl sites for hydroxylation is 4. The summed E-state index contributed by atoms with van der Waals surface area (Å²) in [4.78, 5) is 35.9. The van der Waals surface area contributed by atoms with Crippen molar-refractivity contribution >= 4 is 11.6 Å². The van der Waals surface area contributed by atoms with E-state index in [4.69, 9.17) is 9.40 Å². The number of hydrogen-bond acceptors (Lipinski definition) is 5. The van der Waals surface area contributed by atoms with Crippen molar-refractivity contribution < 1.29 is 9.21 Å². The van der Waals surface area contributed by atoms with Crippen molar-refractivity contribution in [2.45, 2.75) is 46.5 Å². The molecule has 3 aromatic heterocycles. The Labute approximate surface area is 156 Å². The number of nitrogens with zero attached hydrogens (tertiary/aromatic N) is 4. The topological polar surface area (TPSA) is 96.5 Å². The Morgan fingerprint density at radius 3 is 2.78 bits per heavy atom. The molecule has 1 atom stereocenters. The lowest BCUT2D eigenvalue weighted by molar-refractivity contribution is 0.0756. The first-order valence-corrected chi connectivity index (χ1v) is 9.23. The van der Waals surface area contributed by atoms with Crippen LogP contribution in [0, 0.1) is 20.8 Å². The Hall–Kier alpha value is -2.90. The van der Waals surface area contributed by atoms with E-state index in [0.717, 1.165) is 29.8 Å². The first kappa shape index (κ1) is 17.5. The largest absolute Gasteiger partial charge is 0.436 e. The Bertz CT molecular complexity index is 1090. The summed E-state index contributed by atoms with van der Waals surface area (Å²) in [6.07, 6.45) is 1.57. The summed E-state index contributed by atoms with van der Waals surface area (Å²) >= 11 is 0. The molecule has 0 bridgehead atoms. The van der Waals surface area contributed by atoms with Crippen LogP contribution in [0.1, 0.15) is 58.4 Å². The van der Waals surface area contributed by atoms with Crippen LogP contribution in [0.3, 0.4) is 0 Å². The van der Waals surface area contributed by atoms with Crippen molar-refractivity contribution in [3.05, 3.63) is 50.7 Å². The number of fused-ring (bicyclic) bond motifs is 1. The number of carbonyl (C=O) groups excluding carboxylic acids is 1. The minimum Gasteiger partial charge on any atom is -0.436 e. The van der Waals surface area contributed by atoms with Gasteiger partial charge in [0.1, 0.15) is 0 Å². The molecule has 0 aliphatic carbocycles. The third-order valence-electron chi connectivity index (χ3n) is 5.29. The standard InChI is InChI=1S/C19H23N5O3/c1-5-14-10(2)22-24-16(25)8-15(21-18(14)24)13-6-7-23(9-13)19(26)17-11(3)20-12(4)27-17/h8,13,22H,5-7,9H2,1-4H3/t13-/m0/s1. The summed E-state index contributed by atoms with van der Waals surface area (Å²) in [5.74, 6) is 0.670. The maximum Gasteiger partial charge on any atom is 0.291 e. The molecule has 8 heteroatoms. The van der Waals surface area contributed by atoms with E-state index < -0.39 is 0 Å². The number of carbonyl (C=O) groups is 1. The van der Waals surface area contributed by atoms with Crippen LogP contribution in [0.2, 0.25) is 0 Å². The van der Waals surface area contributed by atoms with Crippen LogP contribution in [0.15, 0.2) is 15.3 Å². The van der Waals surface area contributed by atoms with E-state index >= 15 is 0 Å². The fourth-order valence-electron chi connectivity index (χ4n) is 3.91. The zero-order valence-corrected chi connectivity index (χ0v) is 16.0. The Kier molecular flexibility index (Phi) is 4.13. The maximum absolute atomic E-state index is 12.7. The number of hydrogen-bond donors (Lipinski definition) is 1. The lowest BCUT2D eigenvalue weighted by atomic mass is 10.0. The molecule has 0 radical (unpaired) electrons. The number of oxazole rings is 1. The quantitative estimate of drug-likeness (QED) is 0.763. The highest BCUT2D eigenvalue weighted by Gasteiger charge is 2.32. The molecule has 0 aromatic carbocycles. The number of aromatic nitrogens is 4. The third-order valence-corrected chi connectivity index (χ3v) is 5.29. The molecule has 3 aromatic rings. The highest BCUT2D eigenvalue weighted by molar-refractivity contribution is 5.92. The van der Waals surface area contributed by atoms with E-state index in [1.807, 2.05) is 13.8 Å². The monoisotopic (exact) mass is 369 g/mol. The van der Waals surface area contributed by atoms with Crippen LogP contribution in [0.4, 0.5) is 0 Å². The van der Waals surface area contributed by atoms with Gasteiger partial charge in [0, 0.05) is 43.3 Å². The SMILES string of the molecule is CCc1c(C)[nH]n2c(=O)cc([C@H]3CCN(C(=O)c4oc(C)nc4C)C3)nc12. The van der Waals surface area contributed by atoms with Crippen LogP contribution in [-0.4, -0.2) is 43.5 Å². The molecule has 1 amide bonds. The smallest absolute Gasteiger partial charge is 0.291 e. The molecule has 27 heavy (non-hydrogen) atoms. The number of aromatic amines is 1. The lowest BCUT2D eigenvalue weighted by Gasteiger charge is -2.15. The molecule has 142 valence electrons. The minimum atomic E-state index is -0.153. The van der Waals surface area contributed by atoms with Gasteiger partial charge in [0.15, 0.2) is 11.5 Å². The number of H-pyrrole nitrogens is 1. The number of likely N-dealkylation sites (tertiary alicyclic amines) is 1. The van der Waals surface area contributed by atoms with Crippen LogP contribution in [-0.2, 0) is 6.42 Å². The van der Waals surface area contributed by atoms with Gasteiger partial charge in [-0.05, 0) is 26.7 Å². The molecule has 1 N–H and O–H groups in total. The number of nitrogens with one attached hydrogen (secondary N) is 1. The van der Waals surface area contributed by atoms with Crippen molar-refractivity contribution in [2.75, 3.05) is 13.1 Å². The van der Waals surface area contributed by atoms with Gasteiger partial charge in [-0.15, -0.1) is 0 Å². The molecule has 8 nitrogen and oxygen atoms in total. The molecular formula is C19H23N5O3. The molecule has 0 unspecified atom stereocenters. The van der Waals surface area contributed by atoms with Gasteiger partial charge >= 0.3 is 0 Å². The van der Waals surface area contributed by atoms with Crippen molar-refractivity contribution in [1.29, 1.82) is 0 Å². The maximum atomic E-state index is 12.7. The average Bonchev–Trinajstić information content (AvgIpc) is 3.31. The molecule has 1 aliphatic rings. The Morgan fingerprint density at radius 2 is 2.11 bits per heavy atom. The zero-order chi connectivity index (χ0) is 19.3. The molecule has 0 saturated carbocycles. The Balaban J connectivity index is 1.63. The molecule has 4 rings (SSSR count). The fraction of sp³-hybridized carbons (Fsp3) is 0.474. The van der Waals surface area contributed by atoms with E-state index in [1.54, 1.807) is 24.8 Å². The predicted octanol–water partition coefficient (Wildman–Crippen LogP) is 2.13. The van der Waals surface area contributed by atoms with Crippen molar-refractivity contribution in [3.63, 3.8) is 0 Å². The lowest BCUT2D eigenvalue weighted by Crippen LogP contribution is -2.29. The fourth-order valence-corrected chi connectivity index (χ4v) is 3.91. The highest BCUT2D eigenvalue weighted by Crippen LogP contribution is 2.28. The van der Waals surface area contributed by atoms with E-state index in [2.05, 4.69) is 10.1 Å². The summed E-state index contributed by atoms with van der Waals surface area (Å²) in [5, 5.41) is 3.08. The normalized spacial score (nSPS) is 17.2. The summed E-state index contributed by atoms with van der Waals surface area (Å²) in [6, 6.07) is 1.57. The average molecular weight is 369 g/mol. The van der Waals surface area contributed by atoms with E-state index in [1.165, 1.54) is 4.52 Å². The van der Waals surface area contributed by atoms with Gasteiger partial charge < -0.3 is 9.32 Å². The van der Waals surface area contributed by atoms with E-state index in [9.17, 15) is 9.59 Å². The Morgan fingerprint density at radius 1 is 1.33 bits per heavy atom. The second-order valence-corrected chi connectivity index (χ2v) is 7.13. The highest BCUT2D eigenvalue weighted by atomic mass is 16.4. The predicted molar refractivity (Wildman–Crippen MR) is 99.2 cm³/mol. The van der Waals surface area contributed by atoms with E-state index in [-0.39, 0.29) is 17.4 Å². The van der Waals surface area contributed by atoms with Gasteiger partial charge in [-0.25, -0.2) is 14.5 Å². The van der Waals surface area contributed by atoms with Crippen molar-refractivity contribution in [3.8, 4) is 0 Å². The van der Waals surface area contributed by atoms with Crippen molar-refractivity contribution in [2.24, 2.45) is 0 Å². The summed E-state index contributed by atoms with van der Waals surface area (Å²) in [5.41, 5.74) is 3.92. The summed E-state index contributed by atoms with van der Waals surface area (Å²) in [7, 11) is 0. The van der Waals surface area contributed by atoms with Crippen LogP contribution in [0.5, 0.6) is 0 Å².